The third kappa shape index (κ3) is 4.39. The molecule has 0 saturated heterocycles. The van der Waals surface area contributed by atoms with Gasteiger partial charge in [0.15, 0.2) is 28.3 Å². The zero-order valence-corrected chi connectivity index (χ0v) is 18.8. The number of fused-ring (bicyclic) bond motifs is 1. The van der Waals surface area contributed by atoms with Crippen molar-refractivity contribution in [3.8, 4) is 22.9 Å². The van der Waals surface area contributed by atoms with Gasteiger partial charge in [0, 0.05) is 25.5 Å². The van der Waals surface area contributed by atoms with Crippen LogP contribution in [0.1, 0.15) is 19.4 Å². The molecule has 0 spiro atoms. The second-order valence-corrected chi connectivity index (χ2v) is 8.18. The Morgan fingerprint density at radius 1 is 1.00 bits per heavy atom. The Balaban J connectivity index is 1.78. The van der Waals surface area contributed by atoms with Crippen molar-refractivity contribution in [2.75, 3.05) is 10.6 Å². The molecule has 0 fully saturated rings. The van der Waals surface area contributed by atoms with E-state index in [0.717, 1.165) is 24.9 Å². The molecule has 0 bridgehead atoms. The Hall–Kier alpha value is -4.06. The van der Waals surface area contributed by atoms with Crippen molar-refractivity contribution in [2.24, 2.45) is 0 Å². The summed E-state index contributed by atoms with van der Waals surface area (Å²) in [5.41, 5.74) is -1.49. The van der Waals surface area contributed by atoms with Crippen LogP contribution in [0.5, 0.6) is 11.6 Å². The van der Waals surface area contributed by atoms with Crippen LogP contribution < -0.4 is 15.4 Å². The second kappa shape index (κ2) is 9.06. The van der Waals surface area contributed by atoms with Crippen molar-refractivity contribution >= 4 is 44.2 Å². The Labute approximate surface area is 194 Å². The summed E-state index contributed by atoms with van der Waals surface area (Å²) >= 11 is 1.24. The molecule has 0 unspecified atom stereocenters. The monoisotopic (exact) mass is 487 g/mol. The van der Waals surface area contributed by atoms with Crippen molar-refractivity contribution in [1.29, 1.82) is 0 Å². The maximum Gasteiger partial charge on any atom is 0.223 e. The van der Waals surface area contributed by atoms with Gasteiger partial charge in [-0.2, -0.15) is 0 Å². The molecule has 2 N–H and O–H groups in total. The number of nitrogens with one attached hydrogen (secondary N) is 2. The van der Waals surface area contributed by atoms with Gasteiger partial charge in [-0.3, -0.25) is 9.59 Å². The average molecular weight is 487 g/mol. The molecule has 2 aromatic heterocycles. The van der Waals surface area contributed by atoms with Crippen molar-refractivity contribution in [1.82, 2.24) is 15.0 Å². The quantitative estimate of drug-likeness (QED) is 0.376. The first-order chi connectivity index (χ1) is 16.2. The minimum Gasteiger partial charge on any atom is -0.437 e. The summed E-state index contributed by atoms with van der Waals surface area (Å²) in [5.74, 6) is -4.66. The zero-order valence-electron chi connectivity index (χ0n) is 18.0. The standard InChI is InChI=1S/C22H16F3N5O3S/c1-9-17(23)19(25)16(21(18(9)24)28-10(2)31)12-7-15(27-8-26-12)33-13-5-4-6-14-20(13)30-22(34-14)29-11(3)32/h4-8H,1-3H3,(H,28,31)(H,29,30,32). The number of thiazole rings is 1. The van der Waals surface area contributed by atoms with Gasteiger partial charge in [0.05, 0.1) is 21.6 Å². The molecule has 174 valence electrons. The number of aromatic nitrogens is 3. The van der Waals surface area contributed by atoms with E-state index in [4.69, 9.17) is 4.74 Å². The molecule has 12 heteroatoms. The van der Waals surface area contributed by atoms with Crippen molar-refractivity contribution in [3.05, 3.63) is 53.6 Å². The SMILES string of the molecule is CC(=O)Nc1nc2c(Oc3cc(-c4c(F)c(F)c(C)c(F)c4NC(C)=O)ncn3)cccc2s1. The molecule has 0 aliphatic rings. The number of rotatable bonds is 5. The molecular formula is C22H16F3N5O3S. The molecule has 2 amide bonds. The van der Waals surface area contributed by atoms with Gasteiger partial charge in [0.25, 0.3) is 0 Å². The lowest BCUT2D eigenvalue weighted by Gasteiger charge is -2.15. The predicted octanol–water partition coefficient (Wildman–Crippen LogP) is 5.19. The molecule has 4 rings (SSSR count). The van der Waals surface area contributed by atoms with Gasteiger partial charge < -0.3 is 15.4 Å². The molecule has 8 nitrogen and oxygen atoms in total. The van der Waals surface area contributed by atoms with E-state index < -0.39 is 40.2 Å². The molecular weight excluding hydrogens is 471 g/mol. The van der Waals surface area contributed by atoms with Gasteiger partial charge in [0.2, 0.25) is 17.7 Å². The lowest BCUT2D eigenvalue weighted by atomic mass is 10.0. The number of hydrogen-bond acceptors (Lipinski definition) is 7. The highest BCUT2D eigenvalue weighted by molar-refractivity contribution is 7.22. The van der Waals surface area contributed by atoms with E-state index in [-0.39, 0.29) is 23.2 Å². The van der Waals surface area contributed by atoms with Gasteiger partial charge in [-0.1, -0.05) is 17.4 Å². The fourth-order valence-electron chi connectivity index (χ4n) is 3.17. The van der Waals surface area contributed by atoms with E-state index in [2.05, 4.69) is 25.6 Å². The number of anilines is 2. The van der Waals surface area contributed by atoms with E-state index in [0.29, 0.717) is 10.6 Å². The summed E-state index contributed by atoms with van der Waals surface area (Å²) in [4.78, 5) is 35.1. The zero-order chi connectivity index (χ0) is 24.6. The fourth-order valence-corrected chi connectivity index (χ4v) is 4.10. The number of benzene rings is 2. The molecule has 4 aromatic rings. The fraction of sp³-hybridized carbons (Fsp3) is 0.136. The Bertz CT molecular complexity index is 1460. The van der Waals surface area contributed by atoms with Crippen LogP contribution >= 0.6 is 11.3 Å². The van der Waals surface area contributed by atoms with Gasteiger partial charge in [-0.25, -0.2) is 28.1 Å². The third-order valence-electron chi connectivity index (χ3n) is 4.62. The summed E-state index contributed by atoms with van der Waals surface area (Å²) in [5, 5.41) is 5.16. The number of carbonyl (C=O) groups excluding carboxylic acids is 2. The van der Waals surface area contributed by atoms with Crippen LogP contribution in [0.25, 0.3) is 21.5 Å². The van der Waals surface area contributed by atoms with E-state index >= 15 is 0 Å². The number of para-hydroxylation sites is 1. The Morgan fingerprint density at radius 2 is 1.74 bits per heavy atom. The summed E-state index contributed by atoms with van der Waals surface area (Å²) in [6.07, 6.45) is 1.03. The van der Waals surface area contributed by atoms with Gasteiger partial charge >= 0.3 is 0 Å². The number of carbonyl (C=O) groups is 2. The van der Waals surface area contributed by atoms with Crippen LogP contribution in [0.4, 0.5) is 24.0 Å². The second-order valence-electron chi connectivity index (χ2n) is 7.14. The smallest absolute Gasteiger partial charge is 0.223 e. The largest absolute Gasteiger partial charge is 0.437 e. The van der Waals surface area contributed by atoms with Gasteiger partial charge in [-0.15, -0.1) is 0 Å². The molecule has 2 aromatic carbocycles. The summed E-state index contributed by atoms with van der Waals surface area (Å²) in [7, 11) is 0. The van der Waals surface area contributed by atoms with Crippen LogP contribution in [0.2, 0.25) is 0 Å². The Kier molecular flexibility index (Phi) is 6.16. The van der Waals surface area contributed by atoms with Crippen molar-refractivity contribution in [3.63, 3.8) is 0 Å². The number of ether oxygens (including phenoxy) is 1. The predicted molar refractivity (Wildman–Crippen MR) is 120 cm³/mol. The number of halogens is 3. The topological polar surface area (TPSA) is 106 Å². The minimum atomic E-state index is -1.40. The molecule has 0 saturated carbocycles. The lowest BCUT2D eigenvalue weighted by molar-refractivity contribution is -0.115. The Morgan fingerprint density at radius 3 is 2.44 bits per heavy atom. The first-order valence-corrected chi connectivity index (χ1v) is 10.6. The lowest BCUT2D eigenvalue weighted by Crippen LogP contribution is -2.13. The van der Waals surface area contributed by atoms with Crippen LogP contribution in [0.3, 0.4) is 0 Å². The van der Waals surface area contributed by atoms with Crippen molar-refractivity contribution < 1.29 is 27.5 Å². The average Bonchev–Trinajstić information content (AvgIpc) is 3.19. The van der Waals surface area contributed by atoms with Crippen LogP contribution in [0.15, 0.2) is 30.6 Å². The summed E-state index contributed by atoms with van der Waals surface area (Å²) in [6, 6.07) is 6.27. The number of nitrogens with zero attached hydrogens (tertiary/aromatic N) is 3. The van der Waals surface area contributed by atoms with Gasteiger partial charge in [-0.05, 0) is 19.1 Å². The highest BCUT2D eigenvalue weighted by Gasteiger charge is 2.26. The third-order valence-corrected chi connectivity index (χ3v) is 5.55. The van der Waals surface area contributed by atoms with Crippen LogP contribution in [-0.4, -0.2) is 26.8 Å². The highest BCUT2D eigenvalue weighted by atomic mass is 32.1. The molecule has 2 heterocycles. The first-order valence-electron chi connectivity index (χ1n) is 9.77. The first kappa shape index (κ1) is 23.1. The van der Waals surface area contributed by atoms with Crippen LogP contribution in [0, 0.1) is 24.4 Å². The minimum absolute atomic E-state index is 0.0684. The van der Waals surface area contributed by atoms with Crippen LogP contribution in [-0.2, 0) is 9.59 Å². The maximum absolute atomic E-state index is 14.9. The van der Waals surface area contributed by atoms with E-state index in [9.17, 15) is 22.8 Å². The highest BCUT2D eigenvalue weighted by Crippen LogP contribution is 2.38. The van der Waals surface area contributed by atoms with Crippen molar-refractivity contribution in [2.45, 2.75) is 20.8 Å². The summed E-state index contributed by atoms with van der Waals surface area (Å²) < 4.78 is 50.5. The van der Waals surface area contributed by atoms with E-state index in [1.54, 1.807) is 18.2 Å². The molecule has 0 aliphatic heterocycles. The van der Waals surface area contributed by atoms with E-state index in [1.807, 2.05) is 0 Å². The molecule has 0 aliphatic carbocycles. The normalized spacial score (nSPS) is 10.9. The summed E-state index contributed by atoms with van der Waals surface area (Å²) in [6.45, 7) is 3.52. The molecule has 34 heavy (non-hydrogen) atoms. The van der Waals surface area contributed by atoms with Gasteiger partial charge in [0.1, 0.15) is 11.8 Å². The van der Waals surface area contributed by atoms with E-state index in [1.165, 1.54) is 24.3 Å². The maximum atomic E-state index is 14.9. The molecule has 0 radical (unpaired) electrons. The molecule has 0 atom stereocenters. The number of hydrogen-bond donors (Lipinski definition) is 2. The number of amides is 2.